The minimum Gasteiger partial charge on any atom is -0.457 e. The van der Waals surface area contributed by atoms with Crippen molar-refractivity contribution in [1.82, 2.24) is 10.6 Å². The summed E-state index contributed by atoms with van der Waals surface area (Å²) in [6, 6.07) is 1.71. The fraction of sp³-hybridized carbons (Fsp3) is 0.611. The molecular weight excluding hydrogens is 354 g/mol. The van der Waals surface area contributed by atoms with E-state index in [1.165, 1.54) is 18.0 Å². The van der Waals surface area contributed by atoms with Crippen molar-refractivity contribution in [3.8, 4) is 0 Å². The normalized spacial score (nSPS) is 17.3. The number of thioether (sulfide) groups is 1. The van der Waals surface area contributed by atoms with E-state index in [1.807, 2.05) is 6.26 Å². The molecule has 1 aliphatic carbocycles. The quantitative estimate of drug-likeness (QED) is 0.596. The third-order valence-corrected chi connectivity index (χ3v) is 5.40. The molecule has 0 saturated heterocycles. The summed E-state index contributed by atoms with van der Waals surface area (Å²) in [5.74, 6) is -1.41. The molecule has 1 aromatic rings. The summed E-state index contributed by atoms with van der Waals surface area (Å²) in [5, 5.41) is 6.67. The molecule has 26 heavy (non-hydrogen) atoms. The maximum absolute atomic E-state index is 12.6. The van der Waals surface area contributed by atoms with Crippen molar-refractivity contribution in [1.29, 1.82) is 0 Å². The van der Waals surface area contributed by atoms with Gasteiger partial charge in [-0.1, -0.05) is 37.9 Å². The molecule has 1 unspecified atom stereocenters. The molecule has 1 heterocycles. The number of hydrogen-bond donors (Lipinski definition) is 3. The Hall–Kier alpha value is -1.96. The first-order valence-corrected chi connectivity index (χ1v) is 10.1. The van der Waals surface area contributed by atoms with E-state index in [0.717, 1.165) is 32.1 Å². The van der Waals surface area contributed by atoms with Crippen molar-refractivity contribution in [2.45, 2.75) is 56.1 Å². The standard InChI is InChI=1S/C18H27N3O4S/c1-12(8-14(19)22)16(23)20-11-18(6-4-3-5-7-18)21-17(24)13-9-15(26-2)25-10-13/h9-10,12H,3-8,11H2,1-2H3,(H2,19,22)(H,20,23)(H,21,24). The van der Waals surface area contributed by atoms with Gasteiger partial charge >= 0.3 is 0 Å². The van der Waals surface area contributed by atoms with Gasteiger partial charge in [0.05, 0.1) is 11.1 Å². The Balaban J connectivity index is 2.01. The monoisotopic (exact) mass is 381 g/mol. The summed E-state index contributed by atoms with van der Waals surface area (Å²) in [6.45, 7) is 2.01. The van der Waals surface area contributed by atoms with Crippen LogP contribution in [0.5, 0.6) is 0 Å². The molecule has 0 radical (unpaired) electrons. The highest BCUT2D eigenvalue weighted by Gasteiger charge is 2.35. The molecule has 3 amide bonds. The van der Waals surface area contributed by atoms with Gasteiger partial charge < -0.3 is 20.8 Å². The second-order valence-electron chi connectivity index (χ2n) is 6.94. The molecule has 2 rings (SSSR count). The highest BCUT2D eigenvalue weighted by Crippen LogP contribution is 2.29. The minimum absolute atomic E-state index is 0.0116. The van der Waals surface area contributed by atoms with Gasteiger partial charge in [-0.3, -0.25) is 14.4 Å². The first-order valence-electron chi connectivity index (χ1n) is 8.86. The number of nitrogens with one attached hydrogen (secondary N) is 2. The van der Waals surface area contributed by atoms with Crippen LogP contribution in [-0.2, 0) is 9.59 Å². The third-order valence-electron chi connectivity index (χ3n) is 4.78. The van der Waals surface area contributed by atoms with Gasteiger partial charge in [-0.15, -0.1) is 0 Å². The van der Waals surface area contributed by atoms with Crippen LogP contribution in [0.3, 0.4) is 0 Å². The van der Waals surface area contributed by atoms with Crippen LogP contribution in [0.25, 0.3) is 0 Å². The summed E-state index contributed by atoms with van der Waals surface area (Å²) in [7, 11) is 0. The Morgan fingerprint density at radius 3 is 2.58 bits per heavy atom. The van der Waals surface area contributed by atoms with Crippen LogP contribution in [0.1, 0.15) is 55.8 Å². The van der Waals surface area contributed by atoms with Gasteiger partial charge in [0.25, 0.3) is 5.91 Å². The predicted molar refractivity (Wildman–Crippen MR) is 99.8 cm³/mol. The fourth-order valence-electron chi connectivity index (χ4n) is 3.26. The number of furan rings is 1. The lowest BCUT2D eigenvalue weighted by atomic mass is 9.81. The minimum atomic E-state index is -0.502. The molecule has 1 saturated carbocycles. The van der Waals surface area contributed by atoms with E-state index in [9.17, 15) is 14.4 Å². The Morgan fingerprint density at radius 1 is 1.31 bits per heavy atom. The average molecular weight is 381 g/mol. The van der Waals surface area contributed by atoms with E-state index < -0.39 is 17.4 Å². The van der Waals surface area contributed by atoms with Crippen molar-refractivity contribution >= 4 is 29.5 Å². The van der Waals surface area contributed by atoms with Crippen LogP contribution in [-0.4, -0.2) is 36.1 Å². The number of hydrogen-bond acceptors (Lipinski definition) is 5. The topological polar surface area (TPSA) is 114 Å². The number of carbonyl (C=O) groups excluding carboxylic acids is 3. The maximum Gasteiger partial charge on any atom is 0.255 e. The average Bonchev–Trinajstić information content (AvgIpc) is 3.09. The largest absolute Gasteiger partial charge is 0.457 e. The molecule has 144 valence electrons. The lowest BCUT2D eigenvalue weighted by Crippen LogP contribution is -2.57. The fourth-order valence-corrected chi connectivity index (χ4v) is 3.64. The van der Waals surface area contributed by atoms with Crippen molar-refractivity contribution in [2.75, 3.05) is 12.8 Å². The highest BCUT2D eigenvalue weighted by atomic mass is 32.2. The Morgan fingerprint density at radius 2 is 2.00 bits per heavy atom. The summed E-state index contributed by atoms with van der Waals surface area (Å²) in [4.78, 5) is 35.8. The summed E-state index contributed by atoms with van der Waals surface area (Å²) < 4.78 is 5.31. The Bertz CT molecular complexity index is 653. The van der Waals surface area contributed by atoms with Crippen molar-refractivity contribution < 1.29 is 18.8 Å². The van der Waals surface area contributed by atoms with Gasteiger partial charge in [0.1, 0.15) is 6.26 Å². The SMILES string of the molecule is CSc1cc(C(=O)NC2(CNC(=O)C(C)CC(N)=O)CCCCC2)co1. The number of primary amides is 1. The van der Waals surface area contributed by atoms with E-state index in [2.05, 4.69) is 10.6 Å². The van der Waals surface area contributed by atoms with Crippen LogP contribution in [0.15, 0.2) is 21.8 Å². The zero-order valence-corrected chi connectivity index (χ0v) is 16.1. The van der Waals surface area contributed by atoms with Crippen LogP contribution in [0.2, 0.25) is 0 Å². The van der Waals surface area contributed by atoms with Crippen LogP contribution in [0.4, 0.5) is 0 Å². The van der Waals surface area contributed by atoms with E-state index >= 15 is 0 Å². The first kappa shape index (κ1) is 20.4. The number of amides is 3. The molecule has 0 aromatic carbocycles. The van der Waals surface area contributed by atoms with E-state index in [-0.39, 0.29) is 18.2 Å². The van der Waals surface area contributed by atoms with Gasteiger partial charge in [0, 0.05) is 24.9 Å². The van der Waals surface area contributed by atoms with Crippen molar-refractivity contribution in [3.05, 3.63) is 17.9 Å². The smallest absolute Gasteiger partial charge is 0.255 e. The second-order valence-corrected chi connectivity index (χ2v) is 7.75. The first-order chi connectivity index (χ1) is 12.3. The Labute approximate surface area is 157 Å². The molecule has 1 aliphatic rings. The molecule has 0 aliphatic heterocycles. The molecule has 1 aromatic heterocycles. The third kappa shape index (κ3) is 5.52. The molecule has 7 nitrogen and oxygen atoms in total. The summed E-state index contributed by atoms with van der Waals surface area (Å²) in [5.41, 5.74) is 5.15. The molecule has 0 spiro atoms. The van der Waals surface area contributed by atoms with Gasteiger partial charge in [-0.05, 0) is 19.1 Å². The zero-order valence-electron chi connectivity index (χ0n) is 15.3. The van der Waals surface area contributed by atoms with Gasteiger partial charge in [0.15, 0.2) is 5.09 Å². The van der Waals surface area contributed by atoms with Crippen molar-refractivity contribution in [3.63, 3.8) is 0 Å². The zero-order chi connectivity index (χ0) is 19.2. The summed E-state index contributed by atoms with van der Waals surface area (Å²) >= 11 is 1.43. The van der Waals surface area contributed by atoms with Crippen LogP contribution < -0.4 is 16.4 Å². The maximum atomic E-state index is 12.6. The van der Waals surface area contributed by atoms with Gasteiger partial charge in [0.2, 0.25) is 11.8 Å². The van der Waals surface area contributed by atoms with E-state index in [0.29, 0.717) is 17.2 Å². The number of nitrogens with two attached hydrogens (primary N) is 1. The molecule has 0 bridgehead atoms. The molecule has 8 heteroatoms. The number of carbonyl (C=O) groups is 3. The summed E-state index contributed by atoms with van der Waals surface area (Å²) in [6.07, 6.45) is 8.05. The molecule has 4 N–H and O–H groups in total. The lowest BCUT2D eigenvalue weighted by Gasteiger charge is -2.38. The van der Waals surface area contributed by atoms with Crippen LogP contribution in [0, 0.1) is 5.92 Å². The molecular formula is C18H27N3O4S. The molecule has 1 fully saturated rings. The van der Waals surface area contributed by atoms with E-state index in [1.54, 1.807) is 13.0 Å². The van der Waals surface area contributed by atoms with E-state index in [4.69, 9.17) is 10.2 Å². The molecule has 1 atom stereocenters. The van der Waals surface area contributed by atoms with Gasteiger partial charge in [-0.25, -0.2) is 0 Å². The Kier molecular flexibility index (Phi) is 7.14. The van der Waals surface area contributed by atoms with Gasteiger partial charge in [-0.2, -0.15) is 0 Å². The predicted octanol–water partition coefficient (Wildman–Crippen LogP) is 2.06. The number of rotatable bonds is 8. The lowest BCUT2D eigenvalue weighted by molar-refractivity contribution is -0.128. The second kappa shape index (κ2) is 9.12. The highest BCUT2D eigenvalue weighted by molar-refractivity contribution is 7.98. The van der Waals surface area contributed by atoms with Crippen LogP contribution >= 0.6 is 11.8 Å². The van der Waals surface area contributed by atoms with Crippen molar-refractivity contribution in [2.24, 2.45) is 11.7 Å².